The molecule has 0 spiro atoms. The lowest BCUT2D eigenvalue weighted by molar-refractivity contribution is -0.389. The summed E-state index contributed by atoms with van der Waals surface area (Å²) in [5, 5.41) is 11.8. The molecule has 0 radical (unpaired) electrons. The molecule has 0 bridgehead atoms. The quantitative estimate of drug-likeness (QED) is 0.367. The van der Waals surface area contributed by atoms with E-state index in [2.05, 4.69) is 9.97 Å². The van der Waals surface area contributed by atoms with E-state index in [1.54, 1.807) is 0 Å². The van der Waals surface area contributed by atoms with Crippen LogP contribution >= 0.6 is 11.8 Å². The number of hydrogen-bond acceptors (Lipinski definition) is 6. The highest BCUT2D eigenvalue weighted by Crippen LogP contribution is 2.39. The molecule has 0 aliphatic rings. The van der Waals surface area contributed by atoms with Crippen LogP contribution in [-0.2, 0) is 0 Å². The fourth-order valence-corrected chi connectivity index (χ4v) is 3.23. The van der Waals surface area contributed by atoms with Crippen molar-refractivity contribution in [3.05, 3.63) is 76.1 Å². The zero-order valence-corrected chi connectivity index (χ0v) is 14.5. The summed E-state index contributed by atoms with van der Waals surface area (Å²) in [6, 6.07) is 14.9. The third-order valence-corrected chi connectivity index (χ3v) is 4.31. The Morgan fingerprint density at radius 1 is 1.04 bits per heavy atom. The van der Waals surface area contributed by atoms with E-state index >= 15 is 0 Å². The minimum absolute atomic E-state index is 0.0663. The average molecular weight is 353 g/mol. The highest BCUT2D eigenvalue weighted by molar-refractivity contribution is 7.99. The molecule has 25 heavy (non-hydrogen) atoms. The van der Waals surface area contributed by atoms with E-state index in [0.29, 0.717) is 5.75 Å². The first-order chi connectivity index (χ1) is 12.0. The maximum Gasteiger partial charge on any atom is 0.363 e. The predicted octanol–water partition coefficient (Wildman–Crippen LogP) is 4.95. The van der Waals surface area contributed by atoms with Crippen molar-refractivity contribution in [1.29, 1.82) is 0 Å². The topological polar surface area (TPSA) is 78.2 Å². The van der Waals surface area contributed by atoms with E-state index < -0.39 is 4.92 Å². The van der Waals surface area contributed by atoms with Crippen molar-refractivity contribution in [2.75, 3.05) is 0 Å². The largest absolute Gasteiger partial charge is 0.434 e. The Kier molecular flexibility index (Phi) is 4.95. The Morgan fingerprint density at radius 2 is 1.72 bits per heavy atom. The summed E-state index contributed by atoms with van der Waals surface area (Å²) in [6.07, 6.45) is 1.27. The molecule has 0 saturated carbocycles. The molecule has 1 aromatic heterocycles. The van der Waals surface area contributed by atoms with E-state index in [9.17, 15) is 10.1 Å². The maximum atomic E-state index is 11.6. The molecule has 3 rings (SSSR count). The van der Waals surface area contributed by atoms with Crippen LogP contribution in [0.4, 0.5) is 5.69 Å². The van der Waals surface area contributed by atoms with Gasteiger partial charge in [0.25, 0.3) is 0 Å². The number of hydrogen-bond donors (Lipinski definition) is 0. The van der Waals surface area contributed by atoms with Gasteiger partial charge < -0.3 is 4.74 Å². The van der Waals surface area contributed by atoms with Gasteiger partial charge in [0, 0.05) is 4.90 Å². The third-order valence-electron chi connectivity index (χ3n) is 3.31. The third kappa shape index (κ3) is 4.13. The summed E-state index contributed by atoms with van der Waals surface area (Å²) in [5.41, 5.74) is 1.77. The van der Waals surface area contributed by atoms with Gasteiger partial charge >= 0.3 is 11.6 Å². The van der Waals surface area contributed by atoms with Crippen molar-refractivity contribution in [3.8, 4) is 11.6 Å². The molecule has 0 atom stereocenters. The number of nitrogens with zero attached hydrogens (tertiary/aromatic N) is 3. The smallest absolute Gasteiger partial charge is 0.363 e. The molecule has 0 unspecified atom stereocenters. The van der Waals surface area contributed by atoms with Crippen molar-refractivity contribution in [3.63, 3.8) is 0 Å². The molecule has 3 aromatic rings. The van der Waals surface area contributed by atoms with Crippen LogP contribution in [0.3, 0.4) is 0 Å². The summed E-state index contributed by atoms with van der Waals surface area (Å²) < 4.78 is 5.70. The SMILES string of the molecule is Cc1cc(C)cc(Oc2ncnc(Sc3ccccc3)c2[N+](=O)[O-])c1. The van der Waals surface area contributed by atoms with E-state index in [1.807, 2.05) is 62.4 Å². The number of nitro groups is 1. The molecule has 2 aromatic carbocycles. The predicted molar refractivity (Wildman–Crippen MR) is 95.2 cm³/mol. The molecule has 6 nitrogen and oxygen atoms in total. The van der Waals surface area contributed by atoms with Gasteiger partial charge in [0.1, 0.15) is 12.1 Å². The van der Waals surface area contributed by atoms with E-state index in [4.69, 9.17) is 4.74 Å². The monoisotopic (exact) mass is 353 g/mol. The highest BCUT2D eigenvalue weighted by Gasteiger charge is 2.25. The molecular formula is C18H15N3O3S. The molecule has 0 N–H and O–H groups in total. The Bertz CT molecular complexity index is 896. The second-order valence-electron chi connectivity index (χ2n) is 5.43. The highest BCUT2D eigenvalue weighted by atomic mass is 32.2. The minimum Gasteiger partial charge on any atom is -0.434 e. The standard InChI is InChI=1S/C18H15N3O3S/c1-12-8-13(2)10-14(9-12)24-17-16(21(22)23)18(20-11-19-17)25-15-6-4-3-5-7-15/h3-11H,1-2H3. The van der Waals surface area contributed by atoms with Crippen LogP contribution < -0.4 is 4.74 Å². The Labute approximate surface area is 149 Å². The van der Waals surface area contributed by atoms with Crippen molar-refractivity contribution < 1.29 is 9.66 Å². The second-order valence-corrected chi connectivity index (χ2v) is 6.49. The van der Waals surface area contributed by atoms with Gasteiger partial charge in [0.05, 0.1) is 4.92 Å². The molecule has 0 fully saturated rings. The molecular weight excluding hydrogens is 338 g/mol. The lowest BCUT2D eigenvalue weighted by atomic mass is 10.1. The van der Waals surface area contributed by atoms with Gasteiger partial charge in [-0.05, 0) is 49.2 Å². The Balaban J connectivity index is 1.99. The summed E-state index contributed by atoms with van der Waals surface area (Å²) >= 11 is 1.20. The van der Waals surface area contributed by atoms with Crippen LogP contribution in [0, 0.1) is 24.0 Å². The van der Waals surface area contributed by atoms with Gasteiger partial charge in [0.15, 0.2) is 5.03 Å². The van der Waals surface area contributed by atoms with Gasteiger partial charge in [-0.15, -0.1) is 0 Å². The van der Waals surface area contributed by atoms with E-state index in [0.717, 1.165) is 16.0 Å². The van der Waals surface area contributed by atoms with Crippen LogP contribution in [0.15, 0.2) is 64.8 Å². The van der Waals surface area contributed by atoms with Gasteiger partial charge in [0.2, 0.25) is 0 Å². The maximum absolute atomic E-state index is 11.6. The summed E-state index contributed by atoms with van der Waals surface area (Å²) in [7, 11) is 0. The fraction of sp³-hybridized carbons (Fsp3) is 0.111. The zero-order chi connectivity index (χ0) is 17.8. The summed E-state index contributed by atoms with van der Waals surface area (Å²) in [6.45, 7) is 3.87. The van der Waals surface area contributed by atoms with Crippen LogP contribution in [0.1, 0.15) is 11.1 Å². The van der Waals surface area contributed by atoms with Gasteiger partial charge in [-0.2, -0.15) is 4.98 Å². The van der Waals surface area contributed by atoms with Crippen LogP contribution in [0.2, 0.25) is 0 Å². The average Bonchev–Trinajstić information content (AvgIpc) is 2.54. The summed E-state index contributed by atoms with van der Waals surface area (Å²) in [5.74, 6) is 0.443. The first-order valence-electron chi connectivity index (χ1n) is 7.51. The molecule has 1 heterocycles. The molecule has 126 valence electrons. The summed E-state index contributed by atoms with van der Waals surface area (Å²) in [4.78, 5) is 20.0. The van der Waals surface area contributed by atoms with E-state index in [1.165, 1.54) is 18.1 Å². The fourth-order valence-electron chi connectivity index (χ4n) is 2.36. The zero-order valence-electron chi connectivity index (χ0n) is 13.7. The number of ether oxygens (including phenoxy) is 1. The normalized spacial score (nSPS) is 10.5. The Hall–Kier alpha value is -2.93. The minimum atomic E-state index is -0.511. The number of aryl methyl sites for hydroxylation is 2. The van der Waals surface area contributed by atoms with Crippen molar-refractivity contribution >= 4 is 17.4 Å². The first kappa shape index (κ1) is 16.9. The molecule has 0 saturated heterocycles. The lowest BCUT2D eigenvalue weighted by Gasteiger charge is -2.09. The molecule has 0 amide bonds. The van der Waals surface area contributed by atoms with Crippen molar-refractivity contribution in [2.24, 2.45) is 0 Å². The van der Waals surface area contributed by atoms with E-state index in [-0.39, 0.29) is 16.6 Å². The lowest BCUT2D eigenvalue weighted by Crippen LogP contribution is -2.00. The number of rotatable bonds is 5. The molecule has 0 aliphatic carbocycles. The van der Waals surface area contributed by atoms with Crippen LogP contribution in [-0.4, -0.2) is 14.9 Å². The second kappa shape index (κ2) is 7.31. The van der Waals surface area contributed by atoms with Gasteiger partial charge in [-0.3, -0.25) is 10.1 Å². The van der Waals surface area contributed by atoms with Gasteiger partial charge in [-0.1, -0.05) is 36.0 Å². The van der Waals surface area contributed by atoms with Gasteiger partial charge in [-0.25, -0.2) is 4.98 Å². The van der Waals surface area contributed by atoms with Crippen LogP contribution in [0.5, 0.6) is 11.6 Å². The number of benzene rings is 2. The number of aromatic nitrogens is 2. The molecule has 0 aliphatic heterocycles. The Morgan fingerprint density at radius 3 is 2.36 bits per heavy atom. The van der Waals surface area contributed by atoms with Crippen LogP contribution in [0.25, 0.3) is 0 Å². The molecule has 7 heteroatoms. The van der Waals surface area contributed by atoms with Crippen molar-refractivity contribution in [1.82, 2.24) is 9.97 Å². The first-order valence-corrected chi connectivity index (χ1v) is 8.33. The van der Waals surface area contributed by atoms with Crippen molar-refractivity contribution in [2.45, 2.75) is 23.8 Å².